The minimum Gasteiger partial charge on any atom is -0.315 e. The standard InChI is InChI=1S/C16H27N3O/c1-13(2)17-10-5-8-16(20)12-14-9-11-19(18-14)15-6-3-4-7-15/h9,11,13,15,17H,3-8,10,12H2,1-2H3. The third-order valence-electron chi connectivity index (χ3n) is 3.93. The number of hydrogen-bond acceptors (Lipinski definition) is 3. The molecule has 0 radical (unpaired) electrons. The van der Waals surface area contributed by atoms with E-state index < -0.39 is 0 Å². The molecule has 4 heteroatoms. The molecule has 20 heavy (non-hydrogen) atoms. The number of carbonyl (C=O) groups excluding carboxylic acids is 1. The summed E-state index contributed by atoms with van der Waals surface area (Å²) in [7, 11) is 0. The van der Waals surface area contributed by atoms with E-state index in [1.165, 1.54) is 25.7 Å². The third-order valence-corrected chi connectivity index (χ3v) is 3.93. The molecule has 1 aliphatic carbocycles. The molecule has 2 rings (SSSR count). The van der Waals surface area contributed by atoms with Crippen molar-refractivity contribution in [2.45, 2.75) is 70.9 Å². The molecule has 0 amide bonds. The molecular weight excluding hydrogens is 250 g/mol. The van der Waals surface area contributed by atoms with Crippen LogP contribution in [0.3, 0.4) is 0 Å². The van der Waals surface area contributed by atoms with Gasteiger partial charge in [-0.05, 0) is 31.9 Å². The number of carbonyl (C=O) groups is 1. The van der Waals surface area contributed by atoms with Crippen LogP contribution in [-0.2, 0) is 11.2 Å². The first-order valence-electron chi connectivity index (χ1n) is 7.94. The summed E-state index contributed by atoms with van der Waals surface area (Å²) < 4.78 is 2.07. The van der Waals surface area contributed by atoms with Gasteiger partial charge in [-0.2, -0.15) is 5.10 Å². The van der Waals surface area contributed by atoms with Gasteiger partial charge < -0.3 is 5.32 Å². The van der Waals surface area contributed by atoms with Crippen LogP contribution in [0.2, 0.25) is 0 Å². The van der Waals surface area contributed by atoms with Crippen LogP contribution in [0, 0.1) is 0 Å². The Kier molecular flexibility index (Phi) is 5.77. The van der Waals surface area contributed by atoms with Crippen LogP contribution >= 0.6 is 0 Å². The molecule has 0 atom stereocenters. The first kappa shape index (κ1) is 15.2. The number of Topliss-reactive ketones (excluding diaryl/α,β-unsaturated/α-hetero) is 1. The van der Waals surface area contributed by atoms with Crippen molar-refractivity contribution < 1.29 is 4.79 Å². The van der Waals surface area contributed by atoms with Crippen molar-refractivity contribution in [1.29, 1.82) is 0 Å². The van der Waals surface area contributed by atoms with Crippen molar-refractivity contribution in [2.24, 2.45) is 0 Å². The van der Waals surface area contributed by atoms with Crippen molar-refractivity contribution in [1.82, 2.24) is 15.1 Å². The second-order valence-corrected chi connectivity index (χ2v) is 6.15. The molecule has 0 aromatic carbocycles. The Bertz CT molecular complexity index is 419. The van der Waals surface area contributed by atoms with E-state index in [9.17, 15) is 4.79 Å². The Morgan fingerprint density at radius 1 is 1.45 bits per heavy atom. The summed E-state index contributed by atoms with van der Waals surface area (Å²) in [6.07, 6.45) is 9.17. The largest absolute Gasteiger partial charge is 0.315 e. The van der Waals surface area contributed by atoms with E-state index in [2.05, 4.69) is 28.9 Å². The first-order chi connectivity index (χ1) is 9.65. The predicted octanol–water partition coefficient (Wildman–Crippen LogP) is 2.89. The van der Waals surface area contributed by atoms with Gasteiger partial charge in [0.15, 0.2) is 0 Å². The molecule has 0 spiro atoms. The lowest BCUT2D eigenvalue weighted by Crippen LogP contribution is -2.24. The molecule has 0 aliphatic heterocycles. The summed E-state index contributed by atoms with van der Waals surface area (Å²) in [5.74, 6) is 0.298. The number of aromatic nitrogens is 2. The van der Waals surface area contributed by atoms with E-state index >= 15 is 0 Å². The molecule has 1 fully saturated rings. The lowest BCUT2D eigenvalue weighted by atomic mass is 10.1. The highest BCUT2D eigenvalue weighted by molar-refractivity contribution is 5.80. The van der Waals surface area contributed by atoms with Gasteiger partial charge in [0, 0.05) is 18.7 Å². The Labute approximate surface area is 121 Å². The van der Waals surface area contributed by atoms with Gasteiger partial charge in [-0.15, -0.1) is 0 Å². The Morgan fingerprint density at radius 2 is 2.20 bits per heavy atom. The van der Waals surface area contributed by atoms with Crippen molar-refractivity contribution in [3.63, 3.8) is 0 Å². The van der Waals surface area contributed by atoms with Crippen molar-refractivity contribution in [3.05, 3.63) is 18.0 Å². The maximum atomic E-state index is 11.9. The third kappa shape index (κ3) is 4.75. The van der Waals surface area contributed by atoms with Gasteiger partial charge in [-0.3, -0.25) is 9.48 Å². The number of nitrogens with one attached hydrogen (secondary N) is 1. The topological polar surface area (TPSA) is 46.9 Å². The fourth-order valence-electron chi connectivity index (χ4n) is 2.81. The predicted molar refractivity (Wildman–Crippen MR) is 80.8 cm³/mol. The molecular formula is C16H27N3O. The normalized spacial score (nSPS) is 16.1. The molecule has 0 bridgehead atoms. The van der Waals surface area contributed by atoms with E-state index in [0.29, 0.717) is 30.7 Å². The van der Waals surface area contributed by atoms with Gasteiger partial charge in [0.1, 0.15) is 5.78 Å². The SMILES string of the molecule is CC(C)NCCCC(=O)Cc1ccn(C2CCCC2)n1. The number of hydrogen-bond donors (Lipinski definition) is 1. The highest BCUT2D eigenvalue weighted by atomic mass is 16.1. The molecule has 4 nitrogen and oxygen atoms in total. The summed E-state index contributed by atoms with van der Waals surface area (Å²) in [5, 5.41) is 7.90. The van der Waals surface area contributed by atoms with Crippen LogP contribution in [0.25, 0.3) is 0 Å². The summed E-state index contributed by atoms with van der Waals surface area (Å²) in [6.45, 7) is 5.16. The molecule has 0 saturated heterocycles. The minimum atomic E-state index is 0.298. The highest BCUT2D eigenvalue weighted by Gasteiger charge is 2.17. The fourth-order valence-corrected chi connectivity index (χ4v) is 2.81. The molecule has 1 saturated carbocycles. The second-order valence-electron chi connectivity index (χ2n) is 6.15. The zero-order valence-electron chi connectivity index (χ0n) is 12.8. The van der Waals surface area contributed by atoms with Crippen LogP contribution in [-0.4, -0.2) is 28.2 Å². The summed E-state index contributed by atoms with van der Waals surface area (Å²) in [6, 6.07) is 3.06. The zero-order chi connectivity index (χ0) is 14.4. The summed E-state index contributed by atoms with van der Waals surface area (Å²) in [5.41, 5.74) is 0.929. The van der Waals surface area contributed by atoms with Crippen LogP contribution in [0.1, 0.15) is 64.1 Å². The highest BCUT2D eigenvalue weighted by Crippen LogP contribution is 2.28. The first-order valence-corrected chi connectivity index (χ1v) is 7.94. The van der Waals surface area contributed by atoms with Crippen LogP contribution < -0.4 is 5.32 Å². The minimum absolute atomic E-state index is 0.298. The van der Waals surface area contributed by atoms with E-state index in [1.54, 1.807) is 0 Å². The van der Waals surface area contributed by atoms with Gasteiger partial charge in [0.2, 0.25) is 0 Å². The van der Waals surface area contributed by atoms with E-state index in [1.807, 2.05) is 12.3 Å². The average molecular weight is 277 g/mol. The van der Waals surface area contributed by atoms with Gasteiger partial charge in [0.25, 0.3) is 0 Å². The molecule has 1 aromatic rings. The van der Waals surface area contributed by atoms with Crippen molar-refractivity contribution >= 4 is 5.78 Å². The lowest BCUT2D eigenvalue weighted by Gasteiger charge is -2.09. The van der Waals surface area contributed by atoms with Gasteiger partial charge in [0.05, 0.1) is 18.2 Å². The maximum absolute atomic E-state index is 11.9. The molecule has 0 unspecified atom stereocenters. The number of nitrogens with zero attached hydrogens (tertiary/aromatic N) is 2. The Morgan fingerprint density at radius 3 is 2.90 bits per heavy atom. The maximum Gasteiger partial charge on any atom is 0.138 e. The number of rotatable bonds is 8. The fraction of sp³-hybridized carbons (Fsp3) is 0.750. The van der Waals surface area contributed by atoms with Crippen LogP contribution in [0.5, 0.6) is 0 Å². The molecule has 112 valence electrons. The Hall–Kier alpha value is -1.16. The quantitative estimate of drug-likeness (QED) is 0.743. The summed E-state index contributed by atoms with van der Waals surface area (Å²) >= 11 is 0. The van der Waals surface area contributed by atoms with Crippen LogP contribution in [0.4, 0.5) is 0 Å². The van der Waals surface area contributed by atoms with Gasteiger partial charge >= 0.3 is 0 Å². The van der Waals surface area contributed by atoms with E-state index in [-0.39, 0.29) is 0 Å². The lowest BCUT2D eigenvalue weighted by molar-refractivity contribution is -0.118. The zero-order valence-corrected chi connectivity index (χ0v) is 12.8. The molecule has 1 aliphatic rings. The smallest absolute Gasteiger partial charge is 0.138 e. The van der Waals surface area contributed by atoms with Gasteiger partial charge in [-0.1, -0.05) is 26.7 Å². The monoisotopic (exact) mass is 277 g/mol. The molecule has 1 heterocycles. The average Bonchev–Trinajstić information content (AvgIpc) is 3.04. The van der Waals surface area contributed by atoms with Gasteiger partial charge in [-0.25, -0.2) is 0 Å². The molecule has 1 aromatic heterocycles. The van der Waals surface area contributed by atoms with Crippen molar-refractivity contribution in [3.8, 4) is 0 Å². The number of ketones is 1. The van der Waals surface area contributed by atoms with Crippen LogP contribution in [0.15, 0.2) is 12.3 Å². The van der Waals surface area contributed by atoms with Crippen molar-refractivity contribution in [2.75, 3.05) is 6.54 Å². The Balaban J connectivity index is 1.71. The second kappa shape index (κ2) is 7.58. The summed E-state index contributed by atoms with van der Waals surface area (Å²) in [4.78, 5) is 11.9. The van der Waals surface area contributed by atoms with E-state index in [4.69, 9.17) is 0 Å². The molecule has 1 N–H and O–H groups in total. The van der Waals surface area contributed by atoms with E-state index in [0.717, 1.165) is 18.7 Å².